The summed E-state index contributed by atoms with van der Waals surface area (Å²) in [4.78, 5) is 38.3. The van der Waals surface area contributed by atoms with Crippen LogP contribution in [0.25, 0.3) is 0 Å². The largest absolute Gasteiger partial charge is 0.342 e. The number of likely N-dealkylation sites (tertiary alicyclic amines) is 2. The van der Waals surface area contributed by atoms with E-state index < -0.39 is 0 Å². The highest BCUT2D eigenvalue weighted by molar-refractivity contribution is 5.79. The molecule has 0 aliphatic carbocycles. The average Bonchev–Trinajstić information content (AvgIpc) is 3.18. The SMILES string of the molecule is Cc1nc(C2CCCN(C(=O)C(C)C)C2)nc(C)c1CC(=O)N1CCCC1. The molecule has 0 spiro atoms. The molecule has 6 heteroatoms. The quantitative estimate of drug-likeness (QED) is 0.815. The maximum absolute atomic E-state index is 12.5. The molecule has 148 valence electrons. The van der Waals surface area contributed by atoms with Crippen LogP contribution in [0.15, 0.2) is 0 Å². The van der Waals surface area contributed by atoms with Gasteiger partial charge in [0.15, 0.2) is 0 Å². The number of carbonyl (C=O) groups is 2. The Balaban J connectivity index is 1.73. The Bertz CT molecular complexity index is 687. The molecule has 2 fully saturated rings. The van der Waals surface area contributed by atoms with Crippen molar-refractivity contribution in [2.45, 2.75) is 65.7 Å². The second kappa shape index (κ2) is 8.36. The predicted molar refractivity (Wildman–Crippen MR) is 104 cm³/mol. The van der Waals surface area contributed by atoms with Crippen LogP contribution in [0.4, 0.5) is 0 Å². The summed E-state index contributed by atoms with van der Waals surface area (Å²) in [5.74, 6) is 1.42. The van der Waals surface area contributed by atoms with Gasteiger partial charge in [0.2, 0.25) is 11.8 Å². The van der Waals surface area contributed by atoms with E-state index in [1.807, 2.05) is 37.5 Å². The molecule has 3 rings (SSSR count). The van der Waals surface area contributed by atoms with Gasteiger partial charge in [0.1, 0.15) is 5.82 Å². The molecule has 0 N–H and O–H groups in total. The first kappa shape index (κ1) is 19.8. The maximum Gasteiger partial charge on any atom is 0.227 e. The average molecular weight is 373 g/mol. The molecule has 0 saturated carbocycles. The number of rotatable bonds is 4. The lowest BCUT2D eigenvalue weighted by Gasteiger charge is -2.33. The van der Waals surface area contributed by atoms with Gasteiger partial charge in [-0.1, -0.05) is 13.8 Å². The smallest absolute Gasteiger partial charge is 0.227 e. The summed E-state index contributed by atoms with van der Waals surface area (Å²) in [7, 11) is 0. The summed E-state index contributed by atoms with van der Waals surface area (Å²) in [5, 5.41) is 0. The van der Waals surface area contributed by atoms with E-state index >= 15 is 0 Å². The van der Waals surface area contributed by atoms with E-state index in [0.717, 1.165) is 68.1 Å². The van der Waals surface area contributed by atoms with E-state index in [1.54, 1.807) is 0 Å². The molecule has 0 bridgehead atoms. The zero-order valence-corrected chi connectivity index (χ0v) is 17.1. The van der Waals surface area contributed by atoms with Gasteiger partial charge in [0.05, 0.1) is 6.42 Å². The lowest BCUT2D eigenvalue weighted by Crippen LogP contribution is -2.41. The Morgan fingerprint density at radius 2 is 1.59 bits per heavy atom. The zero-order valence-electron chi connectivity index (χ0n) is 17.1. The minimum absolute atomic E-state index is 0.0205. The fraction of sp³-hybridized carbons (Fsp3) is 0.714. The van der Waals surface area contributed by atoms with Crippen molar-refractivity contribution in [3.63, 3.8) is 0 Å². The third kappa shape index (κ3) is 4.47. The number of amides is 2. The van der Waals surface area contributed by atoms with Crippen molar-refractivity contribution in [2.24, 2.45) is 5.92 Å². The molecular formula is C21H32N4O2. The van der Waals surface area contributed by atoms with Crippen molar-refractivity contribution < 1.29 is 9.59 Å². The molecule has 1 unspecified atom stereocenters. The molecule has 27 heavy (non-hydrogen) atoms. The van der Waals surface area contributed by atoms with E-state index in [4.69, 9.17) is 9.97 Å². The topological polar surface area (TPSA) is 66.4 Å². The predicted octanol–water partition coefficient (Wildman–Crippen LogP) is 2.62. The number of piperidine rings is 1. The highest BCUT2D eigenvalue weighted by Crippen LogP contribution is 2.27. The van der Waals surface area contributed by atoms with Gasteiger partial charge in [0, 0.05) is 55.0 Å². The van der Waals surface area contributed by atoms with Crippen LogP contribution in [0.2, 0.25) is 0 Å². The second-order valence-electron chi connectivity index (χ2n) is 8.27. The van der Waals surface area contributed by atoms with Crippen molar-refractivity contribution >= 4 is 11.8 Å². The van der Waals surface area contributed by atoms with Crippen LogP contribution in [0.5, 0.6) is 0 Å². The van der Waals surface area contributed by atoms with Crippen LogP contribution in [-0.4, -0.2) is 57.8 Å². The number of hydrogen-bond donors (Lipinski definition) is 0. The molecule has 0 aromatic carbocycles. The second-order valence-corrected chi connectivity index (χ2v) is 8.27. The van der Waals surface area contributed by atoms with Crippen molar-refractivity contribution in [1.82, 2.24) is 19.8 Å². The van der Waals surface area contributed by atoms with Crippen molar-refractivity contribution in [1.29, 1.82) is 0 Å². The van der Waals surface area contributed by atoms with Crippen molar-refractivity contribution in [2.75, 3.05) is 26.2 Å². The molecule has 2 aliphatic heterocycles. The van der Waals surface area contributed by atoms with Crippen molar-refractivity contribution in [3.05, 3.63) is 22.8 Å². The molecule has 6 nitrogen and oxygen atoms in total. The summed E-state index contributed by atoms with van der Waals surface area (Å²) in [6.07, 6.45) is 4.59. The molecule has 0 radical (unpaired) electrons. The van der Waals surface area contributed by atoms with E-state index in [-0.39, 0.29) is 23.7 Å². The Hall–Kier alpha value is -1.98. The molecule has 1 aromatic heterocycles. The molecule has 2 aliphatic rings. The van der Waals surface area contributed by atoms with Gasteiger partial charge in [-0.2, -0.15) is 0 Å². The Kier molecular flexibility index (Phi) is 6.12. The first-order chi connectivity index (χ1) is 12.9. The fourth-order valence-corrected chi connectivity index (χ4v) is 4.19. The molecular weight excluding hydrogens is 340 g/mol. The fourth-order valence-electron chi connectivity index (χ4n) is 4.19. The van der Waals surface area contributed by atoms with Crippen LogP contribution >= 0.6 is 0 Å². The number of carbonyl (C=O) groups excluding carboxylic acids is 2. The molecule has 2 saturated heterocycles. The van der Waals surface area contributed by atoms with E-state index in [0.29, 0.717) is 13.0 Å². The van der Waals surface area contributed by atoms with Crippen LogP contribution in [0.3, 0.4) is 0 Å². The Morgan fingerprint density at radius 3 is 2.19 bits per heavy atom. The Labute approximate surface area is 162 Å². The summed E-state index contributed by atoms with van der Waals surface area (Å²) < 4.78 is 0. The third-order valence-corrected chi connectivity index (χ3v) is 5.82. The van der Waals surface area contributed by atoms with E-state index in [2.05, 4.69) is 0 Å². The summed E-state index contributed by atoms with van der Waals surface area (Å²) in [6, 6.07) is 0. The maximum atomic E-state index is 12.5. The lowest BCUT2D eigenvalue weighted by molar-refractivity contribution is -0.135. The van der Waals surface area contributed by atoms with Crippen molar-refractivity contribution in [3.8, 4) is 0 Å². The minimum Gasteiger partial charge on any atom is -0.342 e. The molecule has 3 heterocycles. The first-order valence-electron chi connectivity index (χ1n) is 10.3. The zero-order chi connectivity index (χ0) is 19.6. The van der Waals surface area contributed by atoms with Gasteiger partial charge in [-0.3, -0.25) is 9.59 Å². The van der Waals surface area contributed by atoms with Gasteiger partial charge >= 0.3 is 0 Å². The lowest BCUT2D eigenvalue weighted by atomic mass is 9.95. The number of aryl methyl sites for hydroxylation is 2. The van der Waals surface area contributed by atoms with Gasteiger partial charge in [-0.05, 0) is 39.5 Å². The van der Waals surface area contributed by atoms with E-state index in [1.165, 1.54) is 0 Å². The van der Waals surface area contributed by atoms with Gasteiger partial charge < -0.3 is 9.80 Å². The standard InChI is InChI=1S/C21H32N4O2/c1-14(2)21(27)25-11-7-8-17(13-25)20-22-15(3)18(16(4)23-20)12-19(26)24-9-5-6-10-24/h14,17H,5-13H2,1-4H3. The first-order valence-corrected chi connectivity index (χ1v) is 10.3. The summed E-state index contributed by atoms with van der Waals surface area (Å²) >= 11 is 0. The van der Waals surface area contributed by atoms with Gasteiger partial charge in [-0.25, -0.2) is 9.97 Å². The highest BCUT2D eigenvalue weighted by atomic mass is 16.2. The van der Waals surface area contributed by atoms with Gasteiger partial charge in [0.25, 0.3) is 0 Å². The monoisotopic (exact) mass is 372 g/mol. The number of nitrogens with zero attached hydrogens (tertiary/aromatic N) is 4. The normalized spacial score (nSPS) is 20.4. The number of aromatic nitrogens is 2. The van der Waals surface area contributed by atoms with Crippen LogP contribution in [0.1, 0.15) is 68.2 Å². The van der Waals surface area contributed by atoms with Gasteiger partial charge in [-0.15, -0.1) is 0 Å². The number of hydrogen-bond acceptors (Lipinski definition) is 4. The highest BCUT2D eigenvalue weighted by Gasteiger charge is 2.28. The third-order valence-electron chi connectivity index (χ3n) is 5.82. The molecule has 1 atom stereocenters. The molecule has 2 amide bonds. The Morgan fingerprint density at radius 1 is 1.00 bits per heavy atom. The summed E-state index contributed by atoms with van der Waals surface area (Å²) in [5.41, 5.74) is 2.76. The summed E-state index contributed by atoms with van der Waals surface area (Å²) in [6.45, 7) is 11.1. The minimum atomic E-state index is 0.0205. The van der Waals surface area contributed by atoms with Crippen LogP contribution in [-0.2, 0) is 16.0 Å². The molecule has 1 aromatic rings. The van der Waals surface area contributed by atoms with Crippen LogP contribution < -0.4 is 0 Å². The van der Waals surface area contributed by atoms with E-state index in [9.17, 15) is 9.59 Å². The van der Waals surface area contributed by atoms with Crippen LogP contribution in [0, 0.1) is 19.8 Å².